The molecule has 4 atom stereocenters. The van der Waals surface area contributed by atoms with Crippen molar-refractivity contribution in [3.63, 3.8) is 0 Å². The molecular weight excluding hydrogens is 588 g/mol. The minimum atomic E-state index is -1.18. The Morgan fingerprint density at radius 1 is 0.913 bits per heavy atom. The van der Waals surface area contributed by atoms with Gasteiger partial charge in [0.25, 0.3) is 0 Å². The van der Waals surface area contributed by atoms with Crippen LogP contribution in [0.4, 0.5) is 10.5 Å². The molecule has 0 aliphatic carbocycles. The second-order valence-corrected chi connectivity index (χ2v) is 13.7. The van der Waals surface area contributed by atoms with Crippen molar-refractivity contribution >= 4 is 17.7 Å². The van der Waals surface area contributed by atoms with Gasteiger partial charge in [0.2, 0.25) is 5.79 Å². The maximum absolute atomic E-state index is 13.2. The number of carbonyl (C=O) groups excluding carboxylic acids is 1. The summed E-state index contributed by atoms with van der Waals surface area (Å²) in [7, 11) is 0. The minimum Gasteiger partial charge on any atom is -0.481 e. The predicted molar refractivity (Wildman–Crippen MR) is 177 cm³/mol. The number of carbonyl (C=O) groups is 2. The number of anilines is 1. The topological polar surface area (TPSA) is 116 Å². The van der Waals surface area contributed by atoms with Crippen LogP contribution in [0, 0.1) is 0 Å². The molecule has 10 nitrogen and oxygen atoms in total. The van der Waals surface area contributed by atoms with E-state index in [1.165, 1.54) is 64.2 Å². The Labute approximate surface area is 275 Å². The zero-order valence-corrected chi connectivity index (χ0v) is 28.4. The summed E-state index contributed by atoms with van der Waals surface area (Å²) in [6.45, 7) is 9.30. The van der Waals surface area contributed by atoms with Crippen LogP contribution in [-0.4, -0.2) is 84.8 Å². The van der Waals surface area contributed by atoms with E-state index in [9.17, 15) is 9.59 Å². The van der Waals surface area contributed by atoms with E-state index in [1.54, 1.807) is 24.3 Å². The molecule has 2 N–H and O–H groups in total. The van der Waals surface area contributed by atoms with Crippen molar-refractivity contribution < 1.29 is 38.4 Å². The molecule has 0 bridgehead atoms. The Kier molecular flexibility index (Phi) is 14.6. The number of unbranched alkanes of at least 4 members (excludes halogenated alkanes) is 9. The highest BCUT2D eigenvalue weighted by Gasteiger charge is 2.66. The summed E-state index contributed by atoms with van der Waals surface area (Å²) in [5, 5.41) is 11.8. The smallest absolute Gasteiger partial charge is 0.412 e. The number of nitrogens with zero attached hydrogens (tertiary/aromatic N) is 1. The Bertz CT molecular complexity index is 1060. The highest BCUT2D eigenvalue weighted by Crippen LogP contribution is 2.47. The van der Waals surface area contributed by atoms with Gasteiger partial charge in [0.05, 0.1) is 6.42 Å². The normalized spacial score (nSPS) is 26.0. The molecule has 1 aromatic carbocycles. The number of aliphatic carboxylic acids is 1. The lowest BCUT2D eigenvalue weighted by molar-refractivity contribution is -0.279. The molecule has 3 saturated heterocycles. The summed E-state index contributed by atoms with van der Waals surface area (Å²) < 4.78 is 31.8. The highest BCUT2D eigenvalue weighted by molar-refractivity contribution is 5.85. The minimum absolute atomic E-state index is 0.0829. The van der Waals surface area contributed by atoms with Crippen molar-refractivity contribution in [2.75, 3.05) is 38.2 Å². The first-order valence-corrected chi connectivity index (χ1v) is 17.8. The number of fused-ring (bicyclic) bond motifs is 1. The molecule has 3 aliphatic rings. The van der Waals surface area contributed by atoms with Crippen LogP contribution in [0.15, 0.2) is 24.3 Å². The van der Waals surface area contributed by atoms with Crippen molar-refractivity contribution in [3.8, 4) is 0 Å². The van der Waals surface area contributed by atoms with Gasteiger partial charge in [-0.25, -0.2) is 4.79 Å². The lowest BCUT2D eigenvalue weighted by Gasteiger charge is -2.31. The molecule has 0 aromatic heterocycles. The number of hydrogen-bond acceptors (Lipinski definition) is 8. The van der Waals surface area contributed by atoms with Gasteiger partial charge in [-0.05, 0) is 63.9 Å². The van der Waals surface area contributed by atoms with Crippen molar-refractivity contribution in [2.45, 2.75) is 147 Å². The quantitative estimate of drug-likeness (QED) is 0.150. The second kappa shape index (κ2) is 18.3. The summed E-state index contributed by atoms with van der Waals surface area (Å²) in [5.41, 5.74) is 1.16. The van der Waals surface area contributed by atoms with Gasteiger partial charge < -0.3 is 33.7 Å². The van der Waals surface area contributed by atoms with Crippen LogP contribution < -0.4 is 5.32 Å². The first-order chi connectivity index (χ1) is 22.2. The summed E-state index contributed by atoms with van der Waals surface area (Å²) >= 11 is 0. The molecule has 3 aliphatic heterocycles. The number of carboxylic acids is 1. The average Bonchev–Trinajstić information content (AvgIpc) is 3.24. The lowest BCUT2D eigenvalue weighted by atomic mass is 10.0. The third kappa shape index (κ3) is 11.5. The van der Waals surface area contributed by atoms with Gasteiger partial charge in [-0.1, -0.05) is 89.7 Å². The Morgan fingerprint density at radius 3 is 2.17 bits per heavy atom. The van der Waals surface area contributed by atoms with E-state index in [4.69, 9.17) is 28.8 Å². The molecule has 3 fully saturated rings. The summed E-state index contributed by atoms with van der Waals surface area (Å²) in [6, 6.07) is 6.70. The van der Waals surface area contributed by atoms with E-state index in [-0.39, 0.29) is 13.0 Å². The number of nitrogens with one attached hydrogen (secondary N) is 1. The second-order valence-electron chi connectivity index (χ2n) is 13.7. The van der Waals surface area contributed by atoms with E-state index in [0.717, 1.165) is 38.8 Å². The van der Waals surface area contributed by atoms with Crippen molar-refractivity contribution in [2.24, 2.45) is 0 Å². The number of benzene rings is 1. The molecule has 10 heteroatoms. The van der Waals surface area contributed by atoms with E-state index in [2.05, 4.69) is 17.1 Å². The van der Waals surface area contributed by atoms with E-state index in [1.807, 2.05) is 13.8 Å². The maximum atomic E-state index is 13.2. The van der Waals surface area contributed by atoms with Gasteiger partial charge in [0.15, 0.2) is 18.0 Å². The highest BCUT2D eigenvalue weighted by atomic mass is 16.9. The van der Waals surface area contributed by atoms with Crippen molar-refractivity contribution in [1.82, 2.24) is 4.90 Å². The van der Waals surface area contributed by atoms with Crippen LogP contribution in [0.1, 0.15) is 116 Å². The van der Waals surface area contributed by atoms with Crippen molar-refractivity contribution in [1.29, 1.82) is 0 Å². The molecule has 0 radical (unpaired) electrons. The Hall–Kier alpha value is -2.24. The summed E-state index contributed by atoms with van der Waals surface area (Å²) in [5.74, 6) is -3.02. The molecule has 0 spiro atoms. The molecule has 0 unspecified atom stereocenters. The van der Waals surface area contributed by atoms with Gasteiger partial charge in [0.1, 0.15) is 12.7 Å². The first-order valence-electron chi connectivity index (χ1n) is 17.8. The molecule has 260 valence electrons. The molecule has 1 amide bonds. The Morgan fingerprint density at radius 2 is 1.54 bits per heavy atom. The fraction of sp³-hybridized carbons (Fsp3) is 0.778. The van der Waals surface area contributed by atoms with Gasteiger partial charge in [0, 0.05) is 18.8 Å². The fourth-order valence-corrected chi connectivity index (χ4v) is 6.88. The van der Waals surface area contributed by atoms with E-state index in [0.29, 0.717) is 24.4 Å². The largest absolute Gasteiger partial charge is 0.481 e. The van der Waals surface area contributed by atoms with Crippen LogP contribution in [0.3, 0.4) is 0 Å². The van der Waals surface area contributed by atoms with Crippen LogP contribution in [0.5, 0.6) is 0 Å². The summed E-state index contributed by atoms with van der Waals surface area (Å²) in [4.78, 5) is 26.6. The van der Waals surface area contributed by atoms with Gasteiger partial charge in [-0.2, -0.15) is 0 Å². The number of likely N-dealkylation sites (tertiary alicyclic amines) is 1. The Balaban J connectivity index is 1.34. The van der Waals surface area contributed by atoms with Crippen LogP contribution in [-0.2, 0) is 34.9 Å². The SMILES string of the molecule is CCCCCCCCCCCCOC[C@@]12O[C@@H](CN3CCCCCC3)[C@@H](OC(=O)Nc3ccc(CC(=O)O)cc3)[C@@H]1OC(C)(C)O2. The molecule has 1 aromatic rings. The van der Waals surface area contributed by atoms with E-state index < -0.39 is 41.9 Å². The first kappa shape index (κ1) is 36.6. The summed E-state index contributed by atoms with van der Waals surface area (Å²) in [6.07, 6.45) is 14.8. The van der Waals surface area contributed by atoms with Crippen LogP contribution >= 0.6 is 0 Å². The van der Waals surface area contributed by atoms with Gasteiger partial charge in [-0.15, -0.1) is 0 Å². The number of amides is 1. The zero-order valence-electron chi connectivity index (χ0n) is 28.4. The van der Waals surface area contributed by atoms with Gasteiger partial charge >= 0.3 is 12.1 Å². The fourth-order valence-electron chi connectivity index (χ4n) is 6.88. The predicted octanol–water partition coefficient (Wildman–Crippen LogP) is 7.29. The number of hydrogen-bond donors (Lipinski definition) is 2. The number of rotatable bonds is 19. The molecule has 0 saturated carbocycles. The molecular formula is C36H58N2O8. The third-order valence-corrected chi connectivity index (χ3v) is 9.16. The lowest BCUT2D eigenvalue weighted by Crippen LogP contribution is -2.46. The number of ether oxygens (including phenoxy) is 5. The molecule has 3 heterocycles. The van der Waals surface area contributed by atoms with Crippen molar-refractivity contribution in [3.05, 3.63) is 29.8 Å². The molecule has 4 rings (SSSR count). The van der Waals surface area contributed by atoms with Gasteiger partial charge in [-0.3, -0.25) is 10.1 Å². The van der Waals surface area contributed by atoms with Crippen LogP contribution in [0.2, 0.25) is 0 Å². The maximum Gasteiger partial charge on any atom is 0.412 e. The molecule has 46 heavy (non-hydrogen) atoms. The van der Waals surface area contributed by atoms with Crippen LogP contribution in [0.25, 0.3) is 0 Å². The third-order valence-electron chi connectivity index (χ3n) is 9.16. The number of carboxylic acid groups (broad SMARTS) is 1. The zero-order chi connectivity index (χ0) is 32.8. The van der Waals surface area contributed by atoms with E-state index >= 15 is 0 Å². The standard InChI is InChI=1S/C36H58N2O8/c1-4-5-6-7-8-9-10-11-14-17-24-42-27-36-33(45-35(2,3)46-36)32(30(44-36)26-38-22-15-12-13-16-23-38)43-34(41)37-29-20-18-28(19-21-29)25-31(39)40/h18-21,30,32-33H,4-17,22-27H2,1-3H3,(H,37,41)(H,39,40)/t30-,32+,33-,36-/m0/s1. The average molecular weight is 647 g/mol. The monoisotopic (exact) mass is 646 g/mol.